The number of carbonyl (C=O) groups excluding carboxylic acids is 2. The van der Waals surface area contributed by atoms with Crippen molar-refractivity contribution in [1.29, 1.82) is 0 Å². The molecule has 3 aromatic rings. The van der Waals surface area contributed by atoms with Crippen LogP contribution in [0.1, 0.15) is 50.3 Å². The van der Waals surface area contributed by atoms with Gasteiger partial charge in [0.25, 0.3) is 10.0 Å². The fourth-order valence-corrected chi connectivity index (χ4v) is 5.75. The second kappa shape index (κ2) is 13.9. The predicted octanol–water partition coefficient (Wildman–Crippen LogP) is 5.93. The molecule has 0 unspecified atom stereocenters. The summed E-state index contributed by atoms with van der Waals surface area (Å²) >= 11 is 0. The summed E-state index contributed by atoms with van der Waals surface area (Å²) in [7, 11) is -4.49. The number of nitrogens with one attached hydrogen (secondary N) is 1. The Morgan fingerprint density at radius 2 is 1.55 bits per heavy atom. The number of aryl methyl sites for hydroxylation is 1. The van der Waals surface area contributed by atoms with Gasteiger partial charge in [-0.3, -0.25) is 13.9 Å². The van der Waals surface area contributed by atoms with Crippen LogP contribution in [0.5, 0.6) is 0 Å². The van der Waals surface area contributed by atoms with Crippen molar-refractivity contribution in [2.45, 2.75) is 70.2 Å². The largest absolute Gasteiger partial charge is 0.416 e. The molecule has 0 aromatic heterocycles. The number of anilines is 1. The van der Waals surface area contributed by atoms with Crippen LogP contribution >= 0.6 is 0 Å². The molecule has 226 valence electrons. The molecular weight excluding hydrogens is 567 g/mol. The topological polar surface area (TPSA) is 86.8 Å². The van der Waals surface area contributed by atoms with Gasteiger partial charge in [0.2, 0.25) is 11.8 Å². The Morgan fingerprint density at radius 3 is 2.12 bits per heavy atom. The van der Waals surface area contributed by atoms with E-state index >= 15 is 0 Å². The molecule has 0 aliphatic carbocycles. The molecule has 42 heavy (non-hydrogen) atoms. The Labute approximate surface area is 245 Å². The standard InChI is InChI=1S/C31H36F3N3O4S/c1-5-23(4)35-30(39)28(6-2)36(20-24-11-8-7-9-12-24)29(38)21-37(26-14-10-13-25(19-26)31(32,33)34)42(40,41)27-17-15-22(3)16-18-27/h7-19,23,28H,5-6,20-21H2,1-4H3,(H,35,39)/t23-,28-/m0/s1. The number of nitrogens with zero attached hydrogens (tertiary/aromatic N) is 2. The number of hydrogen-bond donors (Lipinski definition) is 1. The Morgan fingerprint density at radius 1 is 0.905 bits per heavy atom. The van der Waals surface area contributed by atoms with Crippen molar-refractivity contribution in [2.24, 2.45) is 0 Å². The van der Waals surface area contributed by atoms with Gasteiger partial charge in [0.05, 0.1) is 16.1 Å². The van der Waals surface area contributed by atoms with Crippen LogP contribution in [0.15, 0.2) is 83.8 Å². The number of alkyl halides is 3. The van der Waals surface area contributed by atoms with Gasteiger partial charge in [-0.05, 0) is 62.6 Å². The van der Waals surface area contributed by atoms with Crippen molar-refractivity contribution < 1.29 is 31.2 Å². The minimum Gasteiger partial charge on any atom is -0.352 e. The molecule has 3 aromatic carbocycles. The molecule has 0 bridgehead atoms. The minimum atomic E-state index is -4.74. The van der Waals surface area contributed by atoms with Crippen molar-refractivity contribution in [1.82, 2.24) is 10.2 Å². The molecule has 0 heterocycles. The number of halogens is 3. The number of benzene rings is 3. The van der Waals surface area contributed by atoms with E-state index in [1.54, 1.807) is 56.3 Å². The van der Waals surface area contributed by atoms with Gasteiger partial charge >= 0.3 is 6.18 Å². The average molecular weight is 604 g/mol. The number of carbonyl (C=O) groups is 2. The summed E-state index contributed by atoms with van der Waals surface area (Å²) in [6.07, 6.45) is -3.85. The van der Waals surface area contributed by atoms with Gasteiger partial charge in [0.1, 0.15) is 12.6 Å². The summed E-state index contributed by atoms with van der Waals surface area (Å²) in [6.45, 7) is 6.41. The lowest BCUT2D eigenvalue weighted by molar-refractivity contribution is -0.140. The monoisotopic (exact) mass is 603 g/mol. The Balaban J connectivity index is 2.11. The summed E-state index contributed by atoms with van der Waals surface area (Å²) in [5.74, 6) is -1.14. The van der Waals surface area contributed by atoms with Gasteiger partial charge in [-0.1, -0.05) is 67.9 Å². The fraction of sp³-hybridized carbons (Fsp3) is 0.355. The van der Waals surface area contributed by atoms with E-state index in [1.165, 1.54) is 23.1 Å². The molecule has 0 saturated heterocycles. The highest BCUT2D eigenvalue weighted by atomic mass is 32.2. The molecule has 0 aliphatic rings. The zero-order chi connectivity index (χ0) is 31.1. The van der Waals surface area contributed by atoms with E-state index in [4.69, 9.17) is 0 Å². The maximum atomic E-state index is 14.0. The number of hydrogen-bond acceptors (Lipinski definition) is 4. The smallest absolute Gasteiger partial charge is 0.352 e. The first-order chi connectivity index (χ1) is 19.8. The van der Waals surface area contributed by atoms with Crippen molar-refractivity contribution >= 4 is 27.5 Å². The Hall–Kier alpha value is -3.86. The fourth-order valence-electron chi connectivity index (χ4n) is 4.34. The van der Waals surface area contributed by atoms with Crippen molar-refractivity contribution in [2.75, 3.05) is 10.8 Å². The number of sulfonamides is 1. The van der Waals surface area contributed by atoms with E-state index in [9.17, 15) is 31.2 Å². The lowest BCUT2D eigenvalue weighted by Gasteiger charge is -2.34. The first-order valence-corrected chi connectivity index (χ1v) is 15.1. The van der Waals surface area contributed by atoms with Gasteiger partial charge in [-0.2, -0.15) is 13.2 Å². The van der Waals surface area contributed by atoms with E-state index in [-0.39, 0.29) is 29.6 Å². The summed E-state index contributed by atoms with van der Waals surface area (Å²) < 4.78 is 69.3. The molecule has 0 aliphatic heterocycles. The van der Waals surface area contributed by atoms with Crippen LogP contribution in [-0.2, 0) is 32.3 Å². The SMILES string of the molecule is CC[C@H](C)NC(=O)[C@H](CC)N(Cc1ccccc1)C(=O)CN(c1cccc(C(F)(F)F)c1)S(=O)(=O)c1ccc(C)cc1. The second-order valence-electron chi connectivity index (χ2n) is 10.1. The maximum absolute atomic E-state index is 14.0. The van der Waals surface area contributed by atoms with Gasteiger partial charge in [-0.15, -0.1) is 0 Å². The third-order valence-electron chi connectivity index (χ3n) is 6.93. The third kappa shape index (κ3) is 8.12. The highest BCUT2D eigenvalue weighted by molar-refractivity contribution is 7.92. The third-order valence-corrected chi connectivity index (χ3v) is 8.72. The van der Waals surface area contributed by atoms with Crippen LogP contribution in [0.3, 0.4) is 0 Å². The molecule has 0 saturated carbocycles. The van der Waals surface area contributed by atoms with Gasteiger partial charge in [0, 0.05) is 12.6 Å². The highest BCUT2D eigenvalue weighted by Gasteiger charge is 2.36. The quantitative estimate of drug-likeness (QED) is 0.278. The first kappa shape index (κ1) is 32.7. The van der Waals surface area contributed by atoms with Crippen LogP contribution in [0.4, 0.5) is 18.9 Å². The van der Waals surface area contributed by atoms with Crippen molar-refractivity contribution in [3.63, 3.8) is 0 Å². The molecule has 2 atom stereocenters. The van der Waals surface area contributed by atoms with Crippen LogP contribution in [-0.4, -0.2) is 43.8 Å². The molecule has 0 fully saturated rings. The van der Waals surface area contributed by atoms with Crippen molar-refractivity contribution in [3.8, 4) is 0 Å². The van der Waals surface area contributed by atoms with Crippen LogP contribution in [0, 0.1) is 6.92 Å². The molecule has 11 heteroatoms. The van der Waals surface area contributed by atoms with Crippen LogP contribution in [0.2, 0.25) is 0 Å². The van der Waals surface area contributed by atoms with Gasteiger partial charge < -0.3 is 10.2 Å². The average Bonchev–Trinajstić information content (AvgIpc) is 2.95. The van der Waals surface area contributed by atoms with Crippen LogP contribution in [0.25, 0.3) is 0 Å². The Kier molecular flexibility index (Phi) is 10.8. The van der Waals surface area contributed by atoms with E-state index in [0.717, 1.165) is 17.7 Å². The zero-order valence-electron chi connectivity index (χ0n) is 24.1. The van der Waals surface area contributed by atoms with Gasteiger partial charge in [-0.25, -0.2) is 8.42 Å². The van der Waals surface area contributed by atoms with Crippen molar-refractivity contribution in [3.05, 3.63) is 95.6 Å². The molecule has 3 rings (SSSR count). The van der Waals surface area contributed by atoms with E-state index in [0.29, 0.717) is 22.4 Å². The maximum Gasteiger partial charge on any atom is 0.416 e. The predicted molar refractivity (Wildman–Crippen MR) is 156 cm³/mol. The Bertz CT molecular complexity index is 1460. The molecular formula is C31H36F3N3O4S. The summed E-state index contributed by atoms with van der Waals surface area (Å²) in [5, 5.41) is 2.88. The van der Waals surface area contributed by atoms with Gasteiger partial charge in [0.15, 0.2) is 0 Å². The van der Waals surface area contributed by atoms with Crippen LogP contribution < -0.4 is 9.62 Å². The second-order valence-corrected chi connectivity index (χ2v) is 12.0. The summed E-state index contributed by atoms with van der Waals surface area (Å²) in [5.41, 5.74) is 0.100. The molecule has 7 nitrogen and oxygen atoms in total. The molecule has 2 amide bonds. The number of amides is 2. The lowest BCUT2D eigenvalue weighted by atomic mass is 10.1. The normalized spacial score (nSPS) is 13.2. The summed E-state index contributed by atoms with van der Waals surface area (Å²) in [4.78, 5) is 28.4. The zero-order valence-corrected chi connectivity index (χ0v) is 24.9. The first-order valence-electron chi connectivity index (χ1n) is 13.7. The minimum absolute atomic E-state index is 0.00683. The molecule has 1 N–H and O–H groups in total. The number of rotatable bonds is 12. The molecule has 0 radical (unpaired) electrons. The van der Waals surface area contributed by atoms with E-state index < -0.39 is 46.2 Å². The van der Waals surface area contributed by atoms with E-state index in [2.05, 4.69) is 5.32 Å². The lowest BCUT2D eigenvalue weighted by Crippen LogP contribution is -2.53. The van der Waals surface area contributed by atoms with E-state index in [1.807, 2.05) is 13.8 Å². The highest BCUT2D eigenvalue weighted by Crippen LogP contribution is 2.33. The molecule has 0 spiro atoms. The summed E-state index contributed by atoms with van der Waals surface area (Å²) in [6, 6.07) is 17.4.